The first-order chi connectivity index (χ1) is 15.0. The second-order valence-electron chi connectivity index (χ2n) is 7.99. The van der Waals surface area contributed by atoms with Gasteiger partial charge in [0.25, 0.3) is 0 Å². The van der Waals surface area contributed by atoms with Crippen LogP contribution in [0.25, 0.3) is 0 Å². The van der Waals surface area contributed by atoms with E-state index in [1.807, 2.05) is 0 Å². The molecule has 0 fully saturated rings. The smallest absolute Gasteiger partial charge is 0.373 e. The predicted molar refractivity (Wildman–Crippen MR) is 132 cm³/mol. The molecule has 0 N–H and O–H groups in total. The SMILES string of the molecule is CCCO[Si](OCCC)(OCCC)C(CC)(CC)[Si](OCCC)(OCCC)OCCC. The summed E-state index contributed by atoms with van der Waals surface area (Å²) in [5, 5.41) is 0. The Balaban J connectivity index is 6.80. The Hall–Kier alpha value is 0.194. The molecule has 0 spiro atoms. The lowest BCUT2D eigenvalue weighted by Crippen LogP contribution is -2.71. The summed E-state index contributed by atoms with van der Waals surface area (Å²) in [6.45, 7) is 20.7. The van der Waals surface area contributed by atoms with Crippen molar-refractivity contribution in [1.82, 2.24) is 0 Å². The molecule has 0 saturated carbocycles. The zero-order valence-electron chi connectivity index (χ0n) is 21.8. The van der Waals surface area contributed by atoms with E-state index < -0.39 is 22.3 Å². The van der Waals surface area contributed by atoms with Crippen molar-refractivity contribution in [1.29, 1.82) is 0 Å². The molecule has 0 aromatic carbocycles. The van der Waals surface area contributed by atoms with Gasteiger partial charge in [-0.15, -0.1) is 0 Å². The lowest BCUT2D eigenvalue weighted by Gasteiger charge is -2.51. The van der Waals surface area contributed by atoms with Crippen LogP contribution in [0.3, 0.4) is 0 Å². The van der Waals surface area contributed by atoms with E-state index in [2.05, 4.69) is 55.4 Å². The molecule has 0 aromatic heterocycles. The first-order valence-electron chi connectivity index (χ1n) is 12.8. The highest BCUT2D eigenvalue weighted by atomic mass is 28.5. The highest BCUT2D eigenvalue weighted by Crippen LogP contribution is 2.55. The van der Waals surface area contributed by atoms with Crippen molar-refractivity contribution in [3.05, 3.63) is 0 Å². The molecule has 8 heteroatoms. The second-order valence-corrected chi connectivity index (χ2v) is 14.4. The van der Waals surface area contributed by atoms with Crippen molar-refractivity contribution in [2.24, 2.45) is 0 Å². The quantitative estimate of drug-likeness (QED) is 0.164. The fourth-order valence-electron chi connectivity index (χ4n) is 3.80. The van der Waals surface area contributed by atoms with Crippen LogP contribution in [0, 0.1) is 0 Å². The predicted octanol–water partition coefficient (Wildman–Crippen LogP) is 6.52. The minimum absolute atomic E-state index is 0.543. The summed E-state index contributed by atoms with van der Waals surface area (Å²) in [5.74, 6) is 0. The number of hydrogen-bond donors (Lipinski definition) is 0. The fraction of sp³-hybridized carbons (Fsp3) is 1.00. The highest BCUT2D eigenvalue weighted by Gasteiger charge is 2.75. The average molecular weight is 481 g/mol. The van der Waals surface area contributed by atoms with E-state index in [1.54, 1.807) is 0 Å². The first kappa shape index (κ1) is 31.2. The molecule has 0 unspecified atom stereocenters. The lowest BCUT2D eigenvalue weighted by molar-refractivity contribution is -0.00154. The Morgan fingerprint density at radius 2 is 0.581 bits per heavy atom. The van der Waals surface area contributed by atoms with E-state index in [0.717, 1.165) is 51.4 Å². The minimum Gasteiger partial charge on any atom is -0.373 e. The van der Waals surface area contributed by atoms with Crippen LogP contribution in [-0.2, 0) is 26.6 Å². The van der Waals surface area contributed by atoms with Crippen molar-refractivity contribution >= 4 is 17.6 Å². The van der Waals surface area contributed by atoms with Crippen LogP contribution in [-0.4, -0.2) is 57.3 Å². The van der Waals surface area contributed by atoms with Gasteiger partial charge in [0, 0.05) is 39.6 Å². The van der Waals surface area contributed by atoms with Crippen LogP contribution in [0.4, 0.5) is 0 Å². The highest BCUT2D eigenvalue weighted by molar-refractivity contribution is 6.85. The molecule has 31 heavy (non-hydrogen) atoms. The van der Waals surface area contributed by atoms with Crippen molar-refractivity contribution in [3.63, 3.8) is 0 Å². The molecule has 0 saturated heterocycles. The maximum Gasteiger partial charge on any atom is 0.512 e. The summed E-state index contributed by atoms with van der Waals surface area (Å²) in [5.41, 5.74) is 0. The maximum atomic E-state index is 6.67. The van der Waals surface area contributed by atoms with Gasteiger partial charge in [0.1, 0.15) is 4.66 Å². The Morgan fingerprint density at radius 3 is 0.710 bits per heavy atom. The zero-order chi connectivity index (χ0) is 23.6. The van der Waals surface area contributed by atoms with Crippen molar-refractivity contribution in [3.8, 4) is 0 Å². The topological polar surface area (TPSA) is 55.4 Å². The molecule has 6 nitrogen and oxygen atoms in total. The Morgan fingerprint density at radius 1 is 0.387 bits per heavy atom. The minimum atomic E-state index is -3.24. The second kappa shape index (κ2) is 17.6. The maximum absolute atomic E-state index is 6.67. The molecule has 0 amide bonds. The molecule has 0 atom stereocenters. The van der Waals surface area contributed by atoms with Crippen LogP contribution in [0.1, 0.15) is 107 Å². The van der Waals surface area contributed by atoms with E-state index in [1.165, 1.54) is 0 Å². The van der Waals surface area contributed by atoms with E-state index in [-0.39, 0.29) is 0 Å². The van der Waals surface area contributed by atoms with Gasteiger partial charge < -0.3 is 26.6 Å². The van der Waals surface area contributed by atoms with E-state index >= 15 is 0 Å². The number of hydrogen-bond acceptors (Lipinski definition) is 6. The monoisotopic (exact) mass is 480 g/mol. The Kier molecular flexibility index (Phi) is 17.8. The summed E-state index contributed by atoms with van der Waals surface area (Å²) < 4.78 is 39.5. The molecular formula is C23H52O6Si2. The summed E-state index contributed by atoms with van der Waals surface area (Å²) in [6.07, 6.45) is 6.96. The zero-order valence-corrected chi connectivity index (χ0v) is 23.8. The van der Waals surface area contributed by atoms with Crippen LogP contribution in [0.15, 0.2) is 0 Å². The van der Waals surface area contributed by atoms with Gasteiger partial charge in [-0.05, 0) is 51.4 Å². The van der Waals surface area contributed by atoms with Gasteiger partial charge in [0.05, 0.1) is 0 Å². The normalized spacial score (nSPS) is 13.2. The van der Waals surface area contributed by atoms with E-state index in [9.17, 15) is 0 Å². The molecule has 0 bridgehead atoms. The lowest BCUT2D eigenvalue weighted by atomic mass is 10.2. The third-order valence-corrected chi connectivity index (χ3v) is 14.5. The summed E-state index contributed by atoms with van der Waals surface area (Å²) >= 11 is 0. The standard InChI is InChI=1S/C23H52O6Si2/c1-9-17-24-30(25-18-10-2,26-19-11-3)23(15-7,16-8)31(27-20-12-4,28-21-13-5)29-22-14-6/h9-22H2,1-8H3. The molecule has 188 valence electrons. The van der Waals surface area contributed by atoms with E-state index in [4.69, 9.17) is 26.6 Å². The molecule has 0 radical (unpaired) electrons. The third-order valence-electron chi connectivity index (χ3n) is 5.36. The van der Waals surface area contributed by atoms with Crippen molar-refractivity contribution < 1.29 is 26.6 Å². The molecule has 0 aliphatic rings. The van der Waals surface area contributed by atoms with Crippen molar-refractivity contribution in [2.45, 2.75) is 111 Å². The molecule has 0 aliphatic heterocycles. The van der Waals surface area contributed by atoms with Crippen LogP contribution >= 0.6 is 0 Å². The first-order valence-corrected chi connectivity index (χ1v) is 16.3. The van der Waals surface area contributed by atoms with Crippen LogP contribution in [0.2, 0.25) is 4.66 Å². The van der Waals surface area contributed by atoms with Crippen molar-refractivity contribution in [2.75, 3.05) is 39.6 Å². The van der Waals surface area contributed by atoms with E-state index in [0.29, 0.717) is 39.6 Å². The fourth-order valence-corrected chi connectivity index (χ4v) is 13.3. The Labute approximate surface area is 195 Å². The molecule has 0 aliphatic carbocycles. The van der Waals surface area contributed by atoms with Gasteiger partial charge in [0.2, 0.25) is 0 Å². The summed E-state index contributed by atoms with van der Waals surface area (Å²) in [4.78, 5) is 0. The van der Waals surface area contributed by atoms with Gasteiger partial charge in [-0.1, -0.05) is 55.4 Å². The number of rotatable bonds is 22. The van der Waals surface area contributed by atoms with Gasteiger partial charge in [0.15, 0.2) is 0 Å². The molecule has 0 rings (SSSR count). The van der Waals surface area contributed by atoms with Gasteiger partial charge in [-0.25, -0.2) is 0 Å². The molecular weight excluding hydrogens is 428 g/mol. The van der Waals surface area contributed by atoms with Gasteiger partial charge in [-0.3, -0.25) is 0 Å². The summed E-state index contributed by atoms with van der Waals surface area (Å²) in [7, 11) is -6.47. The Bertz CT molecular complexity index is 343. The van der Waals surface area contributed by atoms with Crippen LogP contribution < -0.4 is 0 Å². The molecule has 0 heterocycles. The largest absolute Gasteiger partial charge is 0.512 e. The van der Waals surface area contributed by atoms with Gasteiger partial charge in [-0.2, -0.15) is 0 Å². The third kappa shape index (κ3) is 8.17. The molecule has 0 aromatic rings. The average Bonchev–Trinajstić information content (AvgIpc) is 2.80. The van der Waals surface area contributed by atoms with Gasteiger partial charge >= 0.3 is 17.6 Å². The van der Waals surface area contributed by atoms with Crippen LogP contribution in [0.5, 0.6) is 0 Å². The summed E-state index contributed by atoms with van der Waals surface area (Å²) in [6, 6.07) is 0.